The van der Waals surface area contributed by atoms with Crippen LogP contribution in [0, 0.1) is 5.92 Å². The molecule has 0 aliphatic rings. The van der Waals surface area contributed by atoms with Crippen LogP contribution in [0.3, 0.4) is 0 Å². The fourth-order valence-corrected chi connectivity index (χ4v) is 2.78. The molecule has 1 unspecified atom stereocenters. The highest BCUT2D eigenvalue weighted by molar-refractivity contribution is 7.98. The number of thioether (sulfide) groups is 1. The summed E-state index contributed by atoms with van der Waals surface area (Å²) in [4.78, 5) is 15.7. The van der Waals surface area contributed by atoms with Crippen LogP contribution in [0.25, 0.3) is 11.5 Å². The van der Waals surface area contributed by atoms with Crippen LogP contribution < -0.4 is 0 Å². The van der Waals surface area contributed by atoms with E-state index in [1.807, 2.05) is 19.1 Å². The number of methoxy groups -OCH3 is 1. The topological polar surface area (TPSA) is 52.3 Å². The molecule has 0 aliphatic carbocycles. The second-order valence-electron chi connectivity index (χ2n) is 4.59. The molecule has 112 valence electrons. The fraction of sp³-hybridized carbons (Fsp3) is 0.333. The number of carbonyl (C=O) groups excluding carboxylic acids is 1. The lowest BCUT2D eigenvalue weighted by Gasteiger charge is -2.07. The number of aromatic nitrogens is 1. The number of carbonyl (C=O) groups is 1. The first-order valence-electron chi connectivity index (χ1n) is 6.46. The van der Waals surface area contributed by atoms with Crippen molar-refractivity contribution in [1.82, 2.24) is 4.98 Å². The second-order valence-corrected chi connectivity index (χ2v) is 6.06. The maximum atomic E-state index is 11.3. The average Bonchev–Trinajstić information content (AvgIpc) is 2.95. The normalized spacial score (nSPS) is 12.1. The van der Waals surface area contributed by atoms with Gasteiger partial charge in [-0.1, -0.05) is 18.5 Å². The highest BCUT2D eigenvalue weighted by Crippen LogP contribution is 2.23. The predicted octanol–water partition coefficient (Wildman–Crippen LogP) is 4.04. The molecule has 2 aromatic rings. The van der Waals surface area contributed by atoms with Gasteiger partial charge < -0.3 is 9.15 Å². The van der Waals surface area contributed by atoms with Crippen molar-refractivity contribution in [3.05, 3.63) is 41.2 Å². The summed E-state index contributed by atoms with van der Waals surface area (Å²) in [7, 11) is 1.40. The largest absolute Gasteiger partial charge is 0.469 e. The molecule has 0 saturated heterocycles. The van der Waals surface area contributed by atoms with Crippen molar-refractivity contribution in [3.8, 4) is 11.5 Å². The summed E-state index contributed by atoms with van der Waals surface area (Å²) < 4.78 is 10.1. The molecule has 0 N–H and O–H groups in total. The van der Waals surface area contributed by atoms with Crippen molar-refractivity contribution >= 4 is 29.3 Å². The van der Waals surface area contributed by atoms with Gasteiger partial charge in [-0.15, -0.1) is 0 Å². The van der Waals surface area contributed by atoms with Crippen molar-refractivity contribution in [2.75, 3.05) is 12.9 Å². The molecule has 0 fully saturated rings. The van der Waals surface area contributed by atoms with Crippen LogP contribution in [0.1, 0.15) is 12.6 Å². The van der Waals surface area contributed by atoms with Gasteiger partial charge in [0.05, 0.1) is 18.7 Å². The molecular weight excluding hydrogens is 310 g/mol. The summed E-state index contributed by atoms with van der Waals surface area (Å²) in [5.74, 6) is 1.64. The fourth-order valence-electron chi connectivity index (χ4n) is 1.71. The van der Waals surface area contributed by atoms with E-state index in [2.05, 4.69) is 9.72 Å². The Hall–Kier alpha value is -1.46. The third kappa shape index (κ3) is 4.51. The van der Waals surface area contributed by atoms with E-state index in [4.69, 9.17) is 16.0 Å². The van der Waals surface area contributed by atoms with E-state index in [0.717, 1.165) is 11.3 Å². The highest BCUT2D eigenvalue weighted by Gasteiger charge is 2.13. The molecule has 1 aromatic heterocycles. The SMILES string of the molecule is COC(=O)C(C)CSCc1coc(-c2ccc(Cl)cc2)n1. The quantitative estimate of drug-likeness (QED) is 0.750. The van der Waals surface area contributed by atoms with E-state index in [1.165, 1.54) is 7.11 Å². The first kappa shape index (κ1) is 15.9. The summed E-state index contributed by atoms with van der Waals surface area (Å²) in [6.07, 6.45) is 1.64. The maximum absolute atomic E-state index is 11.3. The van der Waals surface area contributed by atoms with Gasteiger partial charge in [0.1, 0.15) is 6.26 Å². The van der Waals surface area contributed by atoms with Crippen LogP contribution >= 0.6 is 23.4 Å². The Morgan fingerprint density at radius 1 is 1.43 bits per heavy atom. The van der Waals surface area contributed by atoms with Gasteiger partial charge in [0.15, 0.2) is 0 Å². The van der Waals surface area contributed by atoms with E-state index in [-0.39, 0.29) is 11.9 Å². The van der Waals surface area contributed by atoms with Gasteiger partial charge in [-0.2, -0.15) is 11.8 Å². The van der Waals surface area contributed by atoms with Crippen molar-refractivity contribution in [2.24, 2.45) is 5.92 Å². The molecule has 21 heavy (non-hydrogen) atoms. The number of benzene rings is 1. The molecule has 0 amide bonds. The van der Waals surface area contributed by atoms with Gasteiger partial charge in [-0.3, -0.25) is 4.79 Å². The van der Waals surface area contributed by atoms with E-state index >= 15 is 0 Å². The molecule has 1 heterocycles. The van der Waals surface area contributed by atoms with Gasteiger partial charge in [0.25, 0.3) is 0 Å². The zero-order valence-corrected chi connectivity index (χ0v) is 13.4. The van der Waals surface area contributed by atoms with Crippen LogP contribution in [-0.2, 0) is 15.3 Å². The highest BCUT2D eigenvalue weighted by atomic mass is 35.5. The van der Waals surface area contributed by atoms with Crippen molar-refractivity contribution in [1.29, 1.82) is 0 Å². The van der Waals surface area contributed by atoms with Gasteiger partial charge in [0, 0.05) is 22.1 Å². The molecule has 1 atom stereocenters. The molecule has 4 nitrogen and oxygen atoms in total. The number of oxazole rings is 1. The Balaban J connectivity index is 1.89. The molecule has 0 aliphatic heterocycles. The summed E-state index contributed by atoms with van der Waals surface area (Å²) in [5.41, 5.74) is 1.74. The van der Waals surface area contributed by atoms with Crippen LogP contribution in [0.15, 0.2) is 34.9 Å². The average molecular weight is 326 g/mol. The van der Waals surface area contributed by atoms with Crippen molar-refractivity contribution in [2.45, 2.75) is 12.7 Å². The number of hydrogen-bond acceptors (Lipinski definition) is 5. The first-order chi connectivity index (χ1) is 10.1. The summed E-state index contributed by atoms with van der Waals surface area (Å²) in [6, 6.07) is 7.33. The lowest BCUT2D eigenvalue weighted by atomic mass is 10.2. The van der Waals surface area contributed by atoms with Crippen molar-refractivity contribution in [3.63, 3.8) is 0 Å². The number of halogens is 1. The number of hydrogen-bond donors (Lipinski definition) is 0. The Labute approximate surface area is 132 Å². The second kappa shape index (κ2) is 7.52. The minimum absolute atomic E-state index is 0.123. The van der Waals surface area contributed by atoms with E-state index < -0.39 is 0 Å². The zero-order chi connectivity index (χ0) is 15.2. The number of ether oxygens (including phenoxy) is 1. The van der Waals surface area contributed by atoms with Crippen molar-refractivity contribution < 1.29 is 13.9 Å². The van der Waals surface area contributed by atoms with Gasteiger partial charge in [-0.05, 0) is 24.3 Å². The lowest BCUT2D eigenvalue weighted by molar-refractivity contribution is -0.143. The van der Waals surface area contributed by atoms with Crippen LogP contribution in [-0.4, -0.2) is 23.8 Å². The standard InChI is InChI=1S/C15H16ClNO3S/c1-10(15(18)19-2)8-21-9-13-7-20-14(17-13)11-3-5-12(16)6-4-11/h3-7,10H,8-9H2,1-2H3. The molecule has 6 heteroatoms. The first-order valence-corrected chi connectivity index (χ1v) is 7.99. The van der Waals surface area contributed by atoms with Gasteiger partial charge in [-0.25, -0.2) is 4.98 Å². The number of rotatable bonds is 6. The van der Waals surface area contributed by atoms with E-state index in [9.17, 15) is 4.79 Å². The summed E-state index contributed by atoms with van der Waals surface area (Å²) >= 11 is 7.47. The Morgan fingerprint density at radius 3 is 2.81 bits per heavy atom. The molecule has 2 rings (SSSR count). The monoisotopic (exact) mass is 325 g/mol. The van der Waals surface area contributed by atoms with Crippen LogP contribution in [0.4, 0.5) is 0 Å². The molecule has 0 radical (unpaired) electrons. The predicted molar refractivity (Wildman–Crippen MR) is 84.3 cm³/mol. The smallest absolute Gasteiger partial charge is 0.309 e. The summed E-state index contributed by atoms with van der Waals surface area (Å²) in [6.45, 7) is 1.85. The molecule has 0 bridgehead atoms. The molecule has 0 spiro atoms. The Morgan fingerprint density at radius 2 is 2.14 bits per heavy atom. The lowest BCUT2D eigenvalue weighted by Crippen LogP contribution is -2.14. The van der Waals surface area contributed by atoms with E-state index in [1.54, 1.807) is 30.2 Å². The zero-order valence-electron chi connectivity index (χ0n) is 11.8. The van der Waals surface area contributed by atoms with E-state index in [0.29, 0.717) is 22.4 Å². The molecular formula is C15H16ClNO3S. The maximum Gasteiger partial charge on any atom is 0.309 e. The Bertz CT molecular complexity index is 597. The van der Waals surface area contributed by atoms with Crippen LogP contribution in [0.5, 0.6) is 0 Å². The number of esters is 1. The third-order valence-corrected chi connectivity index (χ3v) is 4.35. The number of nitrogens with zero attached hydrogens (tertiary/aromatic N) is 1. The summed E-state index contributed by atoms with van der Waals surface area (Å²) in [5, 5.41) is 0.679. The molecule has 1 aromatic carbocycles. The van der Waals surface area contributed by atoms with Gasteiger partial charge >= 0.3 is 5.97 Å². The Kier molecular flexibility index (Phi) is 5.70. The third-order valence-electron chi connectivity index (χ3n) is 2.86. The molecule has 0 saturated carbocycles. The minimum Gasteiger partial charge on any atom is -0.469 e. The van der Waals surface area contributed by atoms with Gasteiger partial charge in [0.2, 0.25) is 5.89 Å². The van der Waals surface area contributed by atoms with Crippen LogP contribution in [0.2, 0.25) is 5.02 Å². The minimum atomic E-state index is -0.190.